The molecule has 1 aliphatic heterocycles. The molecular weight excluding hydrogens is 452 g/mol. The molecule has 3 aromatic carbocycles. The number of benzene rings is 3. The molecule has 1 saturated heterocycles. The van der Waals surface area contributed by atoms with Crippen molar-refractivity contribution in [1.29, 1.82) is 0 Å². The summed E-state index contributed by atoms with van der Waals surface area (Å²) in [7, 11) is 0. The number of imidazole rings is 1. The summed E-state index contributed by atoms with van der Waals surface area (Å²) in [5.74, 6) is 1.42. The van der Waals surface area contributed by atoms with Crippen LogP contribution in [0.4, 0.5) is 0 Å². The lowest BCUT2D eigenvalue weighted by Gasteiger charge is -2.53. The van der Waals surface area contributed by atoms with E-state index in [4.69, 9.17) is 4.98 Å². The van der Waals surface area contributed by atoms with Crippen LogP contribution in [0.25, 0.3) is 11.4 Å². The fourth-order valence-electron chi connectivity index (χ4n) is 6.43. The van der Waals surface area contributed by atoms with Crippen LogP contribution in [0.1, 0.15) is 54.8 Å². The van der Waals surface area contributed by atoms with Gasteiger partial charge < -0.3 is 10.3 Å². The summed E-state index contributed by atoms with van der Waals surface area (Å²) in [4.78, 5) is 12.1. The van der Waals surface area contributed by atoms with Gasteiger partial charge in [0.15, 0.2) is 0 Å². The average molecular weight is 493 g/mol. The summed E-state index contributed by atoms with van der Waals surface area (Å²) in [5.41, 5.74) is 7.20. The van der Waals surface area contributed by atoms with E-state index < -0.39 is 0 Å². The van der Waals surface area contributed by atoms with Crippen molar-refractivity contribution in [3.8, 4) is 11.4 Å². The van der Waals surface area contributed by atoms with Gasteiger partial charge in [-0.05, 0) is 36.0 Å². The quantitative estimate of drug-likeness (QED) is 0.294. The van der Waals surface area contributed by atoms with Crippen molar-refractivity contribution in [2.24, 2.45) is 5.92 Å². The number of aryl methyl sites for hydroxylation is 2. The molecule has 0 amide bonds. The smallest absolute Gasteiger partial charge is 0.138 e. The highest BCUT2D eigenvalue weighted by molar-refractivity contribution is 5.61. The van der Waals surface area contributed by atoms with E-state index in [0.29, 0.717) is 5.92 Å². The maximum Gasteiger partial charge on any atom is 0.138 e. The van der Waals surface area contributed by atoms with Crippen molar-refractivity contribution in [3.63, 3.8) is 0 Å². The van der Waals surface area contributed by atoms with Crippen molar-refractivity contribution < 1.29 is 0 Å². The molecule has 2 N–H and O–H groups in total. The molecule has 1 fully saturated rings. The molecule has 1 unspecified atom stereocenters. The van der Waals surface area contributed by atoms with E-state index in [1.165, 1.54) is 33.6 Å². The first-order chi connectivity index (χ1) is 18.1. The van der Waals surface area contributed by atoms with Gasteiger partial charge in [0.1, 0.15) is 5.82 Å². The first-order valence-corrected chi connectivity index (χ1v) is 13.8. The lowest BCUT2D eigenvalue weighted by atomic mass is 9.65. The molecule has 1 aliphatic rings. The third kappa shape index (κ3) is 4.65. The lowest BCUT2D eigenvalue weighted by molar-refractivity contribution is 0.0106. The topological polar surface area (TPSA) is 44.0 Å². The van der Waals surface area contributed by atoms with Crippen LogP contribution in [-0.4, -0.2) is 41.0 Å². The lowest BCUT2D eigenvalue weighted by Crippen LogP contribution is -2.60. The minimum atomic E-state index is -0.326. The number of aromatic amines is 1. The molecule has 0 aliphatic carbocycles. The third-order valence-corrected chi connectivity index (χ3v) is 8.14. The Labute approximate surface area is 222 Å². The Bertz CT molecular complexity index is 1250. The maximum atomic E-state index is 5.54. The number of hydrogen-bond acceptors (Lipinski definition) is 3. The molecule has 2 heterocycles. The van der Waals surface area contributed by atoms with Crippen LogP contribution in [0.5, 0.6) is 0 Å². The predicted octanol–water partition coefficient (Wildman–Crippen LogP) is 6.54. The van der Waals surface area contributed by atoms with E-state index in [-0.39, 0.29) is 11.5 Å². The average Bonchev–Trinajstić information content (AvgIpc) is 3.37. The zero-order valence-corrected chi connectivity index (χ0v) is 22.7. The molecule has 4 heteroatoms. The number of nitrogens with one attached hydrogen (secondary N) is 2. The van der Waals surface area contributed by atoms with E-state index in [2.05, 4.69) is 128 Å². The number of nitrogens with zero attached hydrogens (tertiary/aromatic N) is 2. The molecule has 0 spiro atoms. The molecule has 192 valence electrons. The summed E-state index contributed by atoms with van der Waals surface area (Å²) in [6.07, 6.45) is 0.908. The molecule has 4 nitrogen and oxygen atoms in total. The molecule has 0 saturated carbocycles. The van der Waals surface area contributed by atoms with E-state index >= 15 is 0 Å². The molecule has 37 heavy (non-hydrogen) atoms. The number of piperazine rings is 1. The van der Waals surface area contributed by atoms with Crippen LogP contribution in [-0.2, 0) is 12.0 Å². The van der Waals surface area contributed by atoms with Gasteiger partial charge in [0.05, 0.1) is 11.2 Å². The van der Waals surface area contributed by atoms with Crippen molar-refractivity contribution in [3.05, 3.63) is 113 Å². The first-order valence-electron chi connectivity index (χ1n) is 13.8. The van der Waals surface area contributed by atoms with Gasteiger partial charge >= 0.3 is 0 Å². The molecule has 5 rings (SSSR count). The summed E-state index contributed by atoms with van der Waals surface area (Å²) in [6, 6.07) is 30.7. The minimum Gasteiger partial charge on any atom is -0.342 e. The van der Waals surface area contributed by atoms with Gasteiger partial charge in [-0.25, -0.2) is 4.98 Å². The SMILES string of the molecule is CCc1[nH]c(-c2ccccc2C)nc1C(C(C)C)(C(c1ccccc1)c1ccccc1)N1CCNCC1. The number of H-pyrrole nitrogens is 1. The highest BCUT2D eigenvalue weighted by atomic mass is 15.3. The number of hydrogen-bond donors (Lipinski definition) is 2. The van der Waals surface area contributed by atoms with Gasteiger partial charge in [-0.1, -0.05) is 106 Å². The van der Waals surface area contributed by atoms with Crippen molar-refractivity contribution >= 4 is 0 Å². The van der Waals surface area contributed by atoms with Crippen LogP contribution in [0.3, 0.4) is 0 Å². The van der Waals surface area contributed by atoms with Crippen molar-refractivity contribution in [2.75, 3.05) is 26.2 Å². The summed E-state index contributed by atoms with van der Waals surface area (Å²) < 4.78 is 0. The second-order valence-electron chi connectivity index (χ2n) is 10.6. The zero-order chi connectivity index (χ0) is 25.8. The predicted molar refractivity (Wildman–Crippen MR) is 154 cm³/mol. The van der Waals surface area contributed by atoms with Crippen LogP contribution in [0, 0.1) is 12.8 Å². The third-order valence-electron chi connectivity index (χ3n) is 8.14. The molecule has 1 aromatic heterocycles. The van der Waals surface area contributed by atoms with Gasteiger partial charge in [-0.3, -0.25) is 4.90 Å². The van der Waals surface area contributed by atoms with Crippen molar-refractivity contribution in [2.45, 2.75) is 45.6 Å². The second kappa shape index (κ2) is 11.0. The second-order valence-corrected chi connectivity index (χ2v) is 10.6. The Balaban J connectivity index is 1.83. The first kappa shape index (κ1) is 25.4. The van der Waals surface area contributed by atoms with Crippen molar-refractivity contribution in [1.82, 2.24) is 20.2 Å². The monoisotopic (exact) mass is 492 g/mol. The van der Waals surface area contributed by atoms with Gasteiger partial charge in [0.2, 0.25) is 0 Å². The summed E-state index contributed by atoms with van der Waals surface area (Å²) in [5, 5.41) is 3.59. The Kier molecular flexibility index (Phi) is 7.59. The maximum absolute atomic E-state index is 5.54. The Hall–Kier alpha value is -3.21. The van der Waals surface area contributed by atoms with E-state index in [9.17, 15) is 0 Å². The zero-order valence-electron chi connectivity index (χ0n) is 22.7. The Morgan fingerprint density at radius 1 is 0.838 bits per heavy atom. The fraction of sp³-hybridized carbons (Fsp3) is 0.364. The molecule has 0 bridgehead atoms. The largest absolute Gasteiger partial charge is 0.342 e. The molecule has 1 atom stereocenters. The van der Waals surface area contributed by atoms with Gasteiger partial charge in [-0.2, -0.15) is 0 Å². The summed E-state index contributed by atoms with van der Waals surface area (Å²) >= 11 is 0. The Morgan fingerprint density at radius 3 is 1.95 bits per heavy atom. The molecule has 0 radical (unpaired) electrons. The number of rotatable bonds is 8. The van der Waals surface area contributed by atoms with E-state index in [0.717, 1.165) is 38.4 Å². The van der Waals surface area contributed by atoms with Crippen LogP contribution in [0.15, 0.2) is 84.9 Å². The fourth-order valence-corrected chi connectivity index (χ4v) is 6.43. The van der Waals surface area contributed by atoms with Gasteiger partial charge in [0, 0.05) is 43.4 Å². The van der Waals surface area contributed by atoms with E-state index in [1.54, 1.807) is 0 Å². The summed E-state index contributed by atoms with van der Waals surface area (Å²) in [6.45, 7) is 13.2. The molecule has 4 aromatic rings. The normalized spacial score (nSPS) is 16.3. The van der Waals surface area contributed by atoms with Gasteiger partial charge in [-0.15, -0.1) is 0 Å². The van der Waals surface area contributed by atoms with Crippen LogP contribution in [0.2, 0.25) is 0 Å². The minimum absolute atomic E-state index is 0.131. The molecular formula is C33H40N4. The highest BCUT2D eigenvalue weighted by Gasteiger charge is 2.52. The standard InChI is InChI=1S/C33H40N4/c1-5-29-31(36-32(35-29)28-19-13-12-14-25(28)4)33(24(2)3,37-22-20-34-21-23-37)30(26-15-8-6-9-16-26)27-17-10-7-11-18-27/h6-19,24,30,34H,5,20-23H2,1-4H3,(H,35,36). The highest BCUT2D eigenvalue weighted by Crippen LogP contribution is 2.51. The van der Waals surface area contributed by atoms with E-state index in [1.807, 2.05) is 0 Å². The van der Waals surface area contributed by atoms with Crippen LogP contribution < -0.4 is 5.32 Å². The van der Waals surface area contributed by atoms with Crippen LogP contribution >= 0.6 is 0 Å². The van der Waals surface area contributed by atoms with Gasteiger partial charge in [0.25, 0.3) is 0 Å². The Morgan fingerprint density at radius 2 is 1.41 bits per heavy atom. The number of aromatic nitrogens is 2.